The molecule has 6 nitrogen and oxygen atoms in total. The Labute approximate surface area is 142 Å². The highest BCUT2D eigenvalue weighted by Crippen LogP contribution is 2.19. The molecule has 1 aromatic rings. The van der Waals surface area contributed by atoms with E-state index in [1.807, 2.05) is 6.92 Å². The van der Waals surface area contributed by atoms with E-state index in [0.29, 0.717) is 19.6 Å². The van der Waals surface area contributed by atoms with Gasteiger partial charge in [-0.2, -0.15) is 0 Å². The molecule has 0 bridgehead atoms. The maximum atomic E-state index is 14.2. The van der Waals surface area contributed by atoms with Crippen molar-refractivity contribution in [2.75, 3.05) is 32.7 Å². The highest BCUT2D eigenvalue weighted by molar-refractivity contribution is 7.89. The van der Waals surface area contributed by atoms with Gasteiger partial charge in [0.2, 0.25) is 10.0 Å². The zero-order valence-corrected chi connectivity index (χ0v) is 14.7. The van der Waals surface area contributed by atoms with E-state index in [9.17, 15) is 17.6 Å². The van der Waals surface area contributed by atoms with Gasteiger partial charge in [0.25, 0.3) is 5.91 Å². The molecule has 1 aliphatic rings. The van der Waals surface area contributed by atoms with Crippen molar-refractivity contribution >= 4 is 15.9 Å². The second-order valence-electron chi connectivity index (χ2n) is 5.79. The van der Waals surface area contributed by atoms with Crippen LogP contribution in [0, 0.1) is 5.82 Å². The molecule has 0 radical (unpaired) electrons. The third kappa shape index (κ3) is 4.75. The first-order valence-electron chi connectivity index (χ1n) is 8.25. The lowest BCUT2D eigenvalue weighted by Gasteiger charge is -2.16. The Morgan fingerprint density at radius 2 is 1.92 bits per heavy atom. The molecule has 0 spiro atoms. The lowest BCUT2D eigenvalue weighted by Crippen LogP contribution is -2.32. The molecule has 0 aliphatic carbocycles. The lowest BCUT2D eigenvalue weighted by molar-refractivity contribution is 0.0788. The minimum atomic E-state index is -3.79. The molecule has 0 atom stereocenters. The topological polar surface area (TPSA) is 78.5 Å². The van der Waals surface area contributed by atoms with Gasteiger partial charge in [-0.05, 0) is 44.0 Å². The number of carbonyl (C=O) groups excluding carboxylic acids is 1. The summed E-state index contributed by atoms with van der Waals surface area (Å²) in [6, 6.07) is 3.43. The molecule has 1 saturated heterocycles. The van der Waals surface area contributed by atoms with Crippen LogP contribution in [0.5, 0.6) is 0 Å². The Morgan fingerprint density at radius 1 is 1.21 bits per heavy atom. The first-order valence-corrected chi connectivity index (χ1v) is 9.73. The molecule has 1 amide bonds. The predicted octanol–water partition coefficient (Wildman–Crippen LogP) is 1.34. The summed E-state index contributed by atoms with van der Waals surface area (Å²) in [7, 11) is -3.79. The van der Waals surface area contributed by atoms with Crippen molar-refractivity contribution in [3.63, 3.8) is 0 Å². The molecule has 1 aliphatic heterocycles. The number of halogens is 1. The van der Waals surface area contributed by atoms with Crippen molar-refractivity contribution in [3.8, 4) is 0 Å². The average Bonchev–Trinajstić information content (AvgIpc) is 3.08. The standard InChI is InChI=1S/C16H24FN3O3S/c1-2-7-18-8-9-19-24(22,23)13-5-6-14(15(17)12-13)16(21)20-10-3-4-11-20/h5-6,12,18-19H,2-4,7-11H2,1H3. The first-order chi connectivity index (χ1) is 11.5. The summed E-state index contributed by atoms with van der Waals surface area (Å²) in [6.45, 7) is 4.78. The van der Waals surface area contributed by atoms with Gasteiger partial charge in [-0.3, -0.25) is 4.79 Å². The molecule has 8 heteroatoms. The number of benzene rings is 1. The number of likely N-dealkylation sites (tertiary alicyclic amines) is 1. The summed E-state index contributed by atoms with van der Waals surface area (Å²) < 4.78 is 40.9. The molecular formula is C16H24FN3O3S. The smallest absolute Gasteiger partial charge is 0.256 e. The average molecular weight is 357 g/mol. The monoisotopic (exact) mass is 357 g/mol. The van der Waals surface area contributed by atoms with Crippen molar-refractivity contribution in [2.24, 2.45) is 0 Å². The van der Waals surface area contributed by atoms with E-state index in [1.54, 1.807) is 4.90 Å². The minimum absolute atomic E-state index is 0.0829. The summed E-state index contributed by atoms with van der Waals surface area (Å²) in [4.78, 5) is 13.6. The summed E-state index contributed by atoms with van der Waals surface area (Å²) in [5, 5.41) is 3.07. The number of carbonyl (C=O) groups is 1. The van der Waals surface area contributed by atoms with Gasteiger partial charge >= 0.3 is 0 Å². The van der Waals surface area contributed by atoms with E-state index in [1.165, 1.54) is 12.1 Å². The minimum Gasteiger partial charge on any atom is -0.339 e. The van der Waals surface area contributed by atoms with Crippen molar-refractivity contribution in [1.29, 1.82) is 0 Å². The van der Waals surface area contributed by atoms with E-state index in [4.69, 9.17) is 0 Å². The van der Waals surface area contributed by atoms with E-state index < -0.39 is 15.8 Å². The van der Waals surface area contributed by atoms with Gasteiger partial charge in [-0.1, -0.05) is 6.92 Å². The number of hydrogen-bond donors (Lipinski definition) is 2. The van der Waals surface area contributed by atoms with Crippen molar-refractivity contribution < 1.29 is 17.6 Å². The molecule has 134 valence electrons. The van der Waals surface area contributed by atoms with Crippen molar-refractivity contribution in [1.82, 2.24) is 14.9 Å². The summed E-state index contributed by atoms with van der Waals surface area (Å²) in [6.07, 6.45) is 2.79. The van der Waals surface area contributed by atoms with Gasteiger partial charge in [-0.15, -0.1) is 0 Å². The van der Waals surface area contributed by atoms with Gasteiger partial charge in [-0.25, -0.2) is 17.5 Å². The van der Waals surface area contributed by atoms with Crippen LogP contribution in [0.25, 0.3) is 0 Å². The van der Waals surface area contributed by atoms with Crippen molar-refractivity contribution in [2.45, 2.75) is 31.1 Å². The summed E-state index contributed by atoms with van der Waals surface area (Å²) in [5.41, 5.74) is -0.0829. The zero-order chi connectivity index (χ0) is 17.6. The van der Waals surface area contributed by atoms with E-state index >= 15 is 0 Å². The van der Waals surface area contributed by atoms with Gasteiger partial charge in [0.1, 0.15) is 5.82 Å². The molecule has 0 saturated carbocycles. The van der Waals surface area contributed by atoms with Crippen LogP contribution in [-0.2, 0) is 10.0 Å². The molecule has 1 heterocycles. The lowest BCUT2D eigenvalue weighted by atomic mass is 10.2. The Hall–Kier alpha value is -1.51. The quantitative estimate of drug-likeness (QED) is 0.688. The normalized spacial score (nSPS) is 15.0. The molecule has 24 heavy (non-hydrogen) atoms. The van der Waals surface area contributed by atoms with Gasteiger partial charge < -0.3 is 10.2 Å². The van der Waals surface area contributed by atoms with Crippen LogP contribution in [0.15, 0.2) is 23.1 Å². The van der Waals surface area contributed by atoms with Gasteiger partial charge in [0, 0.05) is 26.2 Å². The molecule has 2 N–H and O–H groups in total. The highest BCUT2D eigenvalue weighted by atomic mass is 32.2. The zero-order valence-electron chi connectivity index (χ0n) is 13.8. The highest BCUT2D eigenvalue weighted by Gasteiger charge is 2.24. The van der Waals surface area contributed by atoms with Crippen LogP contribution in [0.4, 0.5) is 4.39 Å². The molecule has 0 aromatic heterocycles. The number of nitrogens with zero attached hydrogens (tertiary/aromatic N) is 1. The fourth-order valence-electron chi connectivity index (χ4n) is 2.59. The van der Waals surface area contributed by atoms with E-state index in [0.717, 1.165) is 31.9 Å². The number of rotatable bonds is 8. The van der Waals surface area contributed by atoms with Crippen LogP contribution in [0.1, 0.15) is 36.5 Å². The molecule has 1 fully saturated rings. The fraction of sp³-hybridized carbons (Fsp3) is 0.562. The largest absolute Gasteiger partial charge is 0.339 e. The maximum Gasteiger partial charge on any atom is 0.256 e. The Bertz CT molecular complexity index is 673. The Kier molecular flexibility index (Phi) is 6.70. The second-order valence-corrected chi connectivity index (χ2v) is 7.56. The molecular weight excluding hydrogens is 333 g/mol. The predicted molar refractivity (Wildman–Crippen MR) is 89.9 cm³/mol. The summed E-state index contributed by atoms with van der Waals surface area (Å²) >= 11 is 0. The van der Waals surface area contributed by atoms with Crippen LogP contribution in [-0.4, -0.2) is 51.9 Å². The van der Waals surface area contributed by atoms with E-state index in [-0.39, 0.29) is 22.9 Å². The SMILES string of the molecule is CCCNCCNS(=O)(=O)c1ccc(C(=O)N2CCCC2)c(F)c1. The number of nitrogens with one attached hydrogen (secondary N) is 2. The third-order valence-corrected chi connectivity index (χ3v) is 5.35. The number of hydrogen-bond acceptors (Lipinski definition) is 4. The van der Waals surface area contributed by atoms with Gasteiger partial charge in [0.05, 0.1) is 10.5 Å². The second kappa shape index (κ2) is 8.55. The third-order valence-electron chi connectivity index (χ3n) is 3.90. The first kappa shape index (κ1) is 18.8. The molecule has 2 rings (SSSR count). The van der Waals surface area contributed by atoms with Crippen LogP contribution in [0.3, 0.4) is 0 Å². The molecule has 1 aromatic carbocycles. The van der Waals surface area contributed by atoms with E-state index in [2.05, 4.69) is 10.0 Å². The molecule has 0 unspecified atom stereocenters. The number of amides is 1. The van der Waals surface area contributed by atoms with Crippen molar-refractivity contribution in [3.05, 3.63) is 29.6 Å². The maximum absolute atomic E-state index is 14.2. The van der Waals surface area contributed by atoms with Gasteiger partial charge in [0.15, 0.2) is 0 Å². The fourth-order valence-corrected chi connectivity index (χ4v) is 3.63. The number of sulfonamides is 1. The van der Waals surface area contributed by atoms with Crippen LogP contribution >= 0.6 is 0 Å². The van der Waals surface area contributed by atoms with Crippen LogP contribution in [0.2, 0.25) is 0 Å². The Morgan fingerprint density at radius 3 is 2.54 bits per heavy atom. The Balaban J connectivity index is 2.03. The summed E-state index contributed by atoms with van der Waals surface area (Å²) in [5.74, 6) is -1.19. The van der Waals surface area contributed by atoms with Crippen LogP contribution < -0.4 is 10.0 Å².